The van der Waals surface area contributed by atoms with E-state index in [9.17, 15) is 9.59 Å². The molecule has 0 rings (SSSR count). The Labute approximate surface area is 96.4 Å². The molecule has 0 unspecified atom stereocenters. The Morgan fingerprint density at radius 2 is 1.50 bits per heavy atom. The quantitative estimate of drug-likeness (QED) is 0.610. The van der Waals surface area contributed by atoms with E-state index in [1.807, 2.05) is 19.0 Å². The Morgan fingerprint density at radius 1 is 0.938 bits per heavy atom. The molecule has 0 atom stereocenters. The summed E-state index contributed by atoms with van der Waals surface area (Å²) in [5.41, 5.74) is 0. The van der Waals surface area contributed by atoms with Gasteiger partial charge in [0.2, 0.25) is 5.91 Å². The van der Waals surface area contributed by atoms with E-state index in [2.05, 4.69) is 0 Å². The minimum absolute atomic E-state index is 0.158. The van der Waals surface area contributed by atoms with Crippen molar-refractivity contribution in [3.05, 3.63) is 0 Å². The lowest BCUT2D eigenvalue weighted by Gasteiger charge is -2.24. The van der Waals surface area contributed by atoms with Crippen LogP contribution >= 0.6 is 0 Å². The molecule has 0 aliphatic rings. The summed E-state index contributed by atoms with van der Waals surface area (Å²) in [6.45, 7) is 1.10. The molecule has 0 bridgehead atoms. The molecule has 1 N–H and O–H groups in total. The molecule has 0 heterocycles. The maximum atomic E-state index is 11.7. The van der Waals surface area contributed by atoms with Gasteiger partial charge >= 0.3 is 5.97 Å². The highest BCUT2D eigenvalue weighted by atomic mass is 16.4. The lowest BCUT2D eigenvalue weighted by atomic mass is 10.4. The fourth-order valence-electron chi connectivity index (χ4n) is 1.15. The molecule has 0 aliphatic heterocycles. The molecule has 0 aliphatic carbocycles. The van der Waals surface area contributed by atoms with Crippen LogP contribution in [0.4, 0.5) is 0 Å². The number of carbonyl (C=O) groups excluding carboxylic acids is 1. The molecule has 16 heavy (non-hydrogen) atoms. The number of nitrogens with zero attached hydrogens (tertiary/aromatic N) is 3. The number of rotatable bonds is 7. The number of hydrogen-bond acceptors (Lipinski definition) is 4. The number of likely N-dealkylation sites (N-methyl/N-ethyl adjacent to an activating group) is 2. The van der Waals surface area contributed by atoms with Crippen LogP contribution in [0.5, 0.6) is 0 Å². The largest absolute Gasteiger partial charge is 0.480 e. The van der Waals surface area contributed by atoms with Crippen molar-refractivity contribution >= 4 is 11.9 Å². The van der Waals surface area contributed by atoms with Crippen LogP contribution in [0.25, 0.3) is 0 Å². The van der Waals surface area contributed by atoms with Crippen LogP contribution in [0.3, 0.4) is 0 Å². The Morgan fingerprint density at radius 3 is 1.88 bits per heavy atom. The fourth-order valence-corrected chi connectivity index (χ4v) is 1.15. The van der Waals surface area contributed by atoms with Gasteiger partial charge in [-0.1, -0.05) is 0 Å². The number of aliphatic carboxylic acids is 1. The second-order valence-corrected chi connectivity index (χ2v) is 4.25. The van der Waals surface area contributed by atoms with Gasteiger partial charge in [-0.2, -0.15) is 0 Å². The molecule has 0 aromatic rings. The smallest absolute Gasteiger partial charge is 0.323 e. The second kappa shape index (κ2) is 7.19. The van der Waals surface area contributed by atoms with Crippen LogP contribution < -0.4 is 0 Å². The fraction of sp³-hybridized carbons (Fsp3) is 0.800. The minimum Gasteiger partial charge on any atom is -0.480 e. The second-order valence-electron chi connectivity index (χ2n) is 4.25. The first kappa shape index (κ1) is 14.9. The first-order valence-electron chi connectivity index (χ1n) is 5.12. The van der Waals surface area contributed by atoms with Gasteiger partial charge in [0.15, 0.2) is 0 Å². The van der Waals surface area contributed by atoms with Gasteiger partial charge in [0.1, 0.15) is 6.54 Å². The number of carboxylic acids is 1. The van der Waals surface area contributed by atoms with Gasteiger partial charge < -0.3 is 19.8 Å². The van der Waals surface area contributed by atoms with Crippen LogP contribution in [0.15, 0.2) is 0 Å². The minimum atomic E-state index is -0.981. The Bertz CT molecular complexity index is 241. The van der Waals surface area contributed by atoms with Crippen LogP contribution in [-0.2, 0) is 9.59 Å². The topological polar surface area (TPSA) is 64.1 Å². The molecule has 0 fully saturated rings. The zero-order valence-corrected chi connectivity index (χ0v) is 10.4. The third kappa shape index (κ3) is 7.19. The van der Waals surface area contributed by atoms with E-state index < -0.39 is 5.97 Å². The average molecular weight is 231 g/mol. The first-order valence-corrected chi connectivity index (χ1v) is 5.12. The summed E-state index contributed by atoms with van der Waals surface area (Å²) < 4.78 is 0. The summed E-state index contributed by atoms with van der Waals surface area (Å²) in [5.74, 6) is -1.14. The van der Waals surface area contributed by atoms with E-state index in [1.165, 1.54) is 4.90 Å². The number of carbonyl (C=O) groups is 2. The van der Waals surface area contributed by atoms with Crippen LogP contribution in [0.2, 0.25) is 0 Å². The molecule has 0 saturated carbocycles. The third-order valence-corrected chi connectivity index (χ3v) is 1.95. The van der Waals surface area contributed by atoms with Crippen LogP contribution in [-0.4, -0.2) is 86.1 Å². The molecule has 0 aromatic carbocycles. The maximum absolute atomic E-state index is 11.7. The summed E-state index contributed by atoms with van der Waals surface area (Å²) >= 11 is 0. The lowest BCUT2D eigenvalue weighted by Crippen LogP contribution is -2.43. The molecular weight excluding hydrogens is 210 g/mol. The zero-order valence-electron chi connectivity index (χ0n) is 10.4. The van der Waals surface area contributed by atoms with Crippen molar-refractivity contribution in [1.82, 2.24) is 14.7 Å². The SMILES string of the molecule is CN(C)CCN(CC(=O)O)C(=O)CN(C)C. The van der Waals surface area contributed by atoms with Gasteiger partial charge in [-0.15, -0.1) is 0 Å². The van der Waals surface area contributed by atoms with E-state index in [-0.39, 0.29) is 19.0 Å². The summed E-state index contributed by atoms with van der Waals surface area (Å²) in [6.07, 6.45) is 0. The number of hydrogen-bond donors (Lipinski definition) is 1. The molecule has 6 nitrogen and oxygen atoms in total. The van der Waals surface area contributed by atoms with Crippen molar-refractivity contribution in [2.75, 3.05) is 54.4 Å². The molecule has 0 spiro atoms. The zero-order chi connectivity index (χ0) is 12.7. The van der Waals surface area contributed by atoms with Crippen LogP contribution in [0.1, 0.15) is 0 Å². The van der Waals surface area contributed by atoms with E-state index in [0.29, 0.717) is 13.1 Å². The standard InChI is InChI=1S/C10H21N3O3/c1-11(2)5-6-13(8-10(15)16)9(14)7-12(3)4/h5-8H2,1-4H3,(H,15,16). The Balaban J connectivity index is 4.29. The Kier molecular flexibility index (Phi) is 6.67. The predicted octanol–water partition coefficient (Wildman–Crippen LogP) is -0.977. The van der Waals surface area contributed by atoms with Gasteiger partial charge in [0, 0.05) is 13.1 Å². The highest BCUT2D eigenvalue weighted by Gasteiger charge is 2.16. The number of amides is 1. The van der Waals surface area contributed by atoms with Crippen molar-refractivity contribution in [1.29, 1.82) is 0 Å². The van der Waals surface area contributed by atoms with E-state index >= 15 is 0 Å². The average Bonchev–Trinajstić information content (AvgIpc) is 2.09. The summed E-state index contributed by atoms with van der Waals surface area (Å²) in [7, 11) is 7.33. The maximum Gasteiger partial charge on any atom is 0.323 e. The van der Waals surface area contributed by atoms with Crippen LogP contribution in [0, 0.1) is 0 Å². The molecule has 94 valence electrons. The summed E-state index contributed by atoms with van der Waals surface area (Å²) in [4.78, 5) is 27.3. The molecule has 0 saturated heterocycles. The van der Waals surface area contributed by atoms with Gasteiger partial charge in [0.25, 0.3) is 0 Å². The van der Waals surface area contributed by atoms with Crippen molar-refractivity contribution in [3.8, 4) is 0 Å². The molecule has 1 amide bonds. The molecular formula is C10H21N3O3. The van der Waals surface area contributed by atoms with E-state index in [4.69, 9.17) is 5.11 Å². The monoisotopic (exact) mass is 231 g/mol. The highest BCUT2D eigenvalue weighted by molar-refractivity contribution is 5.82. The predicted molar refractivity (Wildman–Crippen MR) is 61.3 cm³/mol. The lowest BCUT2D eigenvalue weighted by molar-refractivity contribution is -0.144. The number of carboxylic acid groups (broad SMARTS) is 1. The summed E-state index contributed by atoms with van der Waals surface area (Å²) in [6, 6.07) is 0. The third-order valence-electron chi connectivity index (χ3n) is 1.95. The van der Waals surface area contributed by atoms with Gasteiger partial charge in [-0.25, -0.2) is 0 Å². The Hall–Kier alpha value is -1.14. The van der Waals surface area contributed by atoms with Crippen molar-refractivity contribution < 1.29 is 14.7 Å². The van der Waals surface area contributed by atoms with Gasteiger partial charge in [0.05, 0.1) is 6.54 Å². The molecule has 0 radical (unpaired) electrons. The van der Waals surface area contributed by atoms with Gasteiger partial charge in [-0.3, -0.25) is 9.59 Å². The first-order chi connectivity index (χ1) is 7.32. The van der Waals surface area contributed by atoms with Gasteiger partial charge in [-0.05, 0) is 28.2 Å². The normalized spacial score (nSPS) is 10.9. The van der Waals surface area contributed by atoms with E-state index in [1.54, 1.807) is 19.0 Å². The molecule has 6 heteroatoms. The molecule has 0 aromatic heterocycles. The van der Waals surface area contributed by atoms with Crippen molar-refractivity contribution in [3.63, 3.8) is 0 Å². The van der Waals surface area contributed by atoms with Crippen molar-refractivity contribution in [2.24, 2.45) is 0 Å². The summed E-state index contributed by atoms with van der Waals surface area (Å²) in [5, 5.41) is 8.71. The van der Waals surface area contributed by atoms with Crippen molar-refractivity contribution in [2.45, 2.75) is 0 Å². The highest BCUT2D eigenvalue weighted by Crippen LogP contribution is 1.93. The van der Waals surface area contributed by atoms with E-state index in [0.717, 1.165) is 0 Å².